The van der Waals surface area contributed by atoms with Gasteiger partial charge in [-0.25, -0.2) is 0 Å². The fourth-order valence-corrected chi connectivity index (χ4v) is 2.14. The van der Waals surface area contributed by atoms with E-state index >= 15 is 0 Å². The predicted octanol–water partition coefficient (Wildman–Crippen LogP) is 2.79. The van der Waals surface area contributed by atoms with Crippen molar-refractivity contribution in [3.05, 3.63) is 60.8 Å². The van der Waals surface area contributed by atoms with Gasteiger partial charge in [-0.1, -0.05) is 36.4 Å². The van der Waals surface area contributed by atoms with E-state index in [2.05, 4.69) is 20.2 Å². The van der Waals surface area contributed by atoms with Crippen molar-refractivity contribution in [3.8, 4) is 22.8 Å². The van der Waals surface area contributed by atoms with E-state index in [1.54, 1.807) is 10.8 Å². The molecule has 4 aromatic rings. The van der Waals surface area contributed by atoms with Crippen LogP contribution in [0.4, 0.5) is 0 Å². The van der Waals surface area contributed by atoms with Crippen LogP contribution in [0, 0.1) is 0 Å². The molecule has 0 aliphatic heterocycles. The van der Waals surface area contributed by atoms with Gasteiger partial charge in [0.2, 0.25) is 0 Å². The molecular formula is C15H11N5. The van der Waals surface area contributed by atoms with Crippen LogP contribution in [0.5, 0.6) is 0 Å². The molecule has 0 bridgehead atoms. The molecule has 0 spiro atoms. The number of nitrogens with zero attached hydrogens (tertiary/aromatic N) is 4. The van der Waals surface area contributed by atoms with Gasteiger partial charge in [-0.3, -0.25) is 4.98 Å². The first-order chi connectivity index (χ1) is 9.90. The van der Waals surface area contributed by atoms with Crippen molar-refractivity contribution in [1.82, 2.24) is 24.8 Å². The summed E-state index contributed by atoms with van der Waals surface area (Å²) in [5, 5.41) is 8.89. The van der Waals surface area contributed by atoms with Crippen LogP contribution in [0.1, 0.15) is 0 Å². The molecule has 0 atom stereocenters. The largest absolute Gasteiger partial charge is 0.320 e. The molecule has 5 heteroatoms. The fraction of sp³-hybridized carbons (Fsp3) is 0. The van der Waals surface area contributed by atoms with Crippen molar-refractivity contribution in [2.75, 3.05) is 0 Å². The lowest BCUT2D eigenvalue weighted by atomic mass is 10.2. The van der Waals surface area contributed by atoms with Gasteiger partial charge in [-0.05, 0) is 12.1 Å². The Hall–Kier alpha value is -2.95. The zero-order valence-electron chi connectivity index (χ0n) is 10.6. The zero-order chi connectivity index (χ0) is 13.4. The first-order valence-electron chi connectivity index (χ1n) is 6.33. The standard InChI is InChI=1S/C15H11N5/c1-2-6-11(7-3-1)13-10-14-17-15(19-20(14)18-13)12-8-4-5-9-16-12/h1-10H,(H,17,19). The average Bonchev–Trinajstić information content (AvgIpc) is 3.08. The number of pyridine rings is 1. The molecule has 0 radical (unpaired) electrons. The molecule has 0 aliphatic rings. The Morgan fingerprint density at radius 1 is 0.850 bits per heavy atom. The number of H-pyrrole nitrogens is 1. The van der Waals surface area contributed by atoms with E-state index in [-0.39, 0.29) is 0 Å². The number of aromatic nitrogens is 5. The highest BCUT2D eigenvalue weighted by Crippen LogP contribution is 2.20. The zero-order valence-corrected chi connectivity index (χ0v) is 10.6. The van der Waals surface area contributed by atoms with Crippen LogP contribution in [0.3, 0.4) is 0 Å². The number of hydrogen-bond acceptors (Lipinski definition) is 3. The second-order valence-corrected chi connectivity index (χ2v) is 4.46. The molecule has 1 aromatic carbocycles. The SMILES string of the molecule is c1ccc(-c2cc3[nH]c(-c4ccccn4)nn3n2)cc1. The van der Waals surface area contributed by atoms with E-state index in [4.69, 9.17) is 0 Å². The van der Waals surface area contributed by atoms with Crippen LogP contribution >= 0.6 is 0 Å². The van der Waals surface area contributed by atoms with Crippen molar-refractivity contribution in [1.29, 1.82) is 0 Å². The Labute approximate surface area is 114 Å². The maximum Gasteiger partial charge on any atom is 0.180 e. The quantitative estimate of drug-likeness (QED) is 0.603. The van der Waals surface area contributed by atoms with Gasteiger partial charge in [0.1, 0.15) is 5.69 Å². The maximum absolute atomic E-state index is 4.48. The van der Waals surface area contributed by atoms with Crippen LogP contribution in [-0.2, 0) is 0 Å². The van der Waals surface area contributed by atoms with Gasteiger partial charge in [-0.2, -0.15) is 0 Å². The van der Waals surface area contributed by atoms with Crippen LogP contribution in [0.2, 0.25) is 0 Å². The average molecular weight is 261 g/mol. The summed E-state index contributed by atoms with van der Waals surface area (Å²) in [4.78, 5) is 7.50. The smallest absolute Gasteiger partial charge is 0.180 e. The molecule has 0 aliphatic carbocycles. The predicted molar refractivity (Wildman–Crippen MR) is 76.0 cm³/mol. The second kappa shape index (κ2) is 4.31. The number of fused-ring (bicyclic) bond motifs is 1. The summed E-state index contributed by atoms with van der Waals surface area (Å²) in [5.41, 5.74) is 3.63. The highest BCUT2D eigenvalue weighted by atomic mass is 15.5. The van der Waals surface area contributed by atoms with Gasteiger partial charge >= 0.3 is 0 Å². The van der Waals surface area contributed by atoms with E-state index in [0.717, 1.165) is 22.6 Å². The molecule has 3 heterocycles. The lowest BCUT2D eigenvalue weighted by Gasteiger charge is -1.94. The molecule has 1 N–H and O–H groups in total. The minimum absolute atomic E-state index is 0.715. The van der Waals surface area contributed by atoms with Gasteiger partial charge in [0, 0.05) is 17.8 Å². The topological polar surface area (TPSA) is 58.9 Å². The molecule has 0 saturated carbocycles. The third kappa shape index (κ3) is 1.76. The third-order valence-corrected chi connectivity index (χ3v) is 3.11. The molecular weight excluding hydrogens is 250 g/mol. The summed E-state index contributed by atoms with van der Waals surface area (Å²) in [6.07, 6.45) is 1.75. The highest BCUT2D eigenvalue weighted by Gasteiger charge is 2.10. The van der Waals surface area contributed by atoms with Gasteiger partial charge in [-0.15, -0.1) is 14.8 Å². The molecule has 0 fully saturated rings. The third-order valence-electron chi connectivity index (χ3n) is 3.11. The Bertz CT molecular complexity index is 745. The monoisotopic (exact) mass is 261 g/mol. The summed E-state index contributed by atoms with van der Waals surface area (Å²) in [5.74, 6) is 0.715. The number of aromatic amines is 1. The summed E-state index contributed by atoms with van der Waals surface area (Å²) >= 11 is 0. The maximum atomic E-state index is 4.48. The Morgan fingerprint density at radius 3 is 2.45 bits per heavy atom. The van der Waals surface area contributed by atoms with E-state index in [1.165, 1.54) is 0 Å². The summed E-state index contributed by atoms with van der Waals surface area (Å²) in [6, 6.07) is 17.7. The summed E-state index contributed by atoms with van der Waals surface area (Å²) in [6.45, 7) is 0. The number of rotatable bonds is 2. The molecule has 3 aromatic heterocycles. The minimum atomic E-state index is 0.715. The van der Waals surface area contributed by atoms with Crippen LogP contribution in [-0.4, -0.2) is 24.8 Å². The Balaban J connectivity index is 1.78. The normalized spacial score (nSPS) is 11.0. The van der Waals surface area contributed by atoms with Crippen LogP contribution in [0.25, 0.3) is 28.4 Å². The van der Waals surface area contributed by atoms with E-state index < -0.39 is 0 Å². The second-order valence-electron chi connectivity index (χ2n) is 4.46. The van der Waals surface area contributed by atoms with Crippen molar-refractivity contribution >= 4 is 5.65 Å². The Kier molecular flexibility index (Phi) is 2.35. The molecule has 20 heavy (non-hydrogen) atoms. The molecule has 0 saturated heterocycles. The highest BCUT2D eigenvalue weighted by molar-refractivity contribution is 5.65. The van der Waals surface area contributed by atoms with E-state index in [0.29, 0.717) is 5.82 Å². The van der Waals surface area contributed by atoms with Crippen molar-refractivity contribution in [2.24, 2.45) is 0 Å². The number of hydrogen-bond donors (Lipinski definition) is 1. The number of benzene rings is 1. The van der Waals surface area contributed by atoms with Gasteiger partial charge in [0.15, 0.2) is 11.5 Å². The summed E-state index contributed by atoms with van der Waals surface area (Å²) < 4.78 is 1.60. The van der Waals surface area contributed by atoms with Crippen LogP contribution < -0.4 is 0 Å². The lowest BCUT2D eigenvalue weighted by Crippen LogP contribution is -1.89. The molecule has 4 rings (SSSR count). The first kappa shape index (κ1) is 10.9. The van der Waals surface area contributed by atoms with Crippen molar-refractivity contribution in [3.63, 3.8) is 0 Å². The molecule has 0 amide bonds. The first-order valence-corrected chi connectivity index (χ1v) is 6.33. The van der Waals surface area contributed by atoms with Gasteiger partial charge in [0.25, 0.3) is 0 Å². The Morgan fingerprint density at radius 2 is 1.70 bits per heavy atom. The molecule has 0 unspecified atom stereocenters. The van der Waals surface area contributed by atoms with Gasteiger partial charge < -0.3 is 4.98 Å². The minimum Gasteiger partial charge on any atom is -0.320 e. The van der Waals surface area contributed by atoms with E-state index in [9.17, 15) is 0 Å². The fourth-order valence-electron chi connectivity index (χ4n) is 2.14. The molecule has 5 nitrogen and oxygen atoms in total. The number of nitrogens with one attached hydrogen (secondary N) is 1. The van der Waals surface area contributed by atoms with E-state index in [1.807, 2.05) is 54.6 Å². The summed E-state index contributed by atoms with van der Waals surface area (Å²) in [7, 11) is 0. The lowest BCUT2D eigenvalue weighted by molar-refractivity contribution is 0.827. The van der Waals surface area contributed by atoms with Crippen LogP contribution in [0.15, 0.2) is 60.8 Å². The molecule has 96 valence electrons. The van der Waals surface area contributed by atoms with Crippen molar-refractivity contribution < 1.29 is 0 Å². The van der Waals surface area contributed by atoms with Gasteiger partial charge in [0.05, 0.1) is 5.69 Å². The van der Waals surface area contributed by atoms with Crippen molar-refractivity contribution in [2.45, 2.75) is 0 Å².